The Morgan fingerprint density at radius 2 is 2.27 bits per heavy atom. The molecule has 0 aliphatic carbocycles. The average Bonchev–Trinajstić information content (AvgIpc) is 2.66. The lowest BCUT2D eigenvalue weighted by Crippen LogP contribution is -1.85. The van der Waals surface area contributed by atoms with Crippen molar-refractivity contribution in [1.82, 2.24) is 9.97 Å². The molecule has 0 spiro atoms. The maximum atomic E-state index is 8.93. The van der Waals surface area contributed by atoms with Crippen molar-refractivity contribution in [2.45, 2.75) is 13.5 Å². The summed E-state index contributed by atoms with van der Waals surface area (Å²) >= 11 is 3.49. The van der Waals surface area contributed by atoms with Crippen molar-refractivity contribution in [2.75, 3.05) is 0 Å². The van der Waals surface area contributed by atoms with Crippen LogP contribution in [0, 0.1) is 6.92 Å². The SMILES string of the molecule is Cc1ccc(-c2ncc(CO)[nH]2)c(Br)c1. The fourth-order valence-electron chi connectivity index (χ4n) is 1.39. The molecule has 1 heterocycles. The number of nitrogens with zero attached hydrogens (tertiary/aromatic N) is 1. The van der Waals surface area contributed by atoms with E-state index in [9.17, 15) is 0 Å². The lowest BCUT2D eigenvalue weighted by atomic mass is 10.1. The molecule has 0 amide bonds. The van der Waals surface area contributed by atoms with Crippen LogP contribution >= 0.6 is 15.9 Å². The molecule has 4 heteroatoms. The van der Waals surface area contributed by atoms with E-state index >= 15 is 0 Å². The smallest absolute Gasteiger partial charge is 0.138 e. The third-order valence-electron chi connectivity index (χ3n) is 2.18. The number of rotatable bonds is 2. The minimum Gasteiger partial charge on any atom is -0.390 e. The maximum Gasteiger partial charge on any atom is 0.138 e. The average molecular weight is 267 g/mol. The molecule has 1 aromatic heterocycles. The second-order valence-corrected chi connectivity index (χ2v) is 4.25. The minimum atomic E-state index is -0.0174. The van der Waals surface area contributed by atoms with Gasteiger partial charge in [-0.2, -0.15) is 0 Å². The van der Waals surface area contributed by atoms with Crippen LogP contribution in [0.25, 0.3) is 11.4 Å². The lowest BCUT2D eigenvalue weighted by molar-refractivity contribution is 0.277. The monoisotopic (exact) mass is 266 g/mol. The molecule has 2 aromatic rings. The highest BCUT2D eigenvalue weighted by molar-refractivity contribution is 9.10. The van der Waals surface area contributed by atoms with Crippen molar-refractivity contribution in [1.29, 1.82) is 0 Å². The normalized spacial score (nSPS) is 10.6. The van der Waals surface area contributed by atoms with Gasteiger partial charge in [0.2, 0.25) is 0 Å². The quantitative estimate of drug-likeness (QED) is 0.878. The third-order valence-corrected chi connectivity index (χ3v) is 2.83. The van der Waals surface area contributed by atoms with Crippen LogP contribution in [-0.4, -0.2) is 15.1 Å². The number of aryl methyl sites for hydroxylation is 1. The van der Waals surface area contributed by atoms with Crippen LogP contribution in [-0.2, 0) is 6.61 Å². The summed E-state index contributed by atoms with van der Waals surface area (Å²) in [5.74, 6) is 0.769. The van der Waals surface area contributed by atoms with Crippen molar-refractivity contribution in [3.63, 3.8) is 0 Å². The van der Waals surface area contributed by atoms with Gasteiger partial charge in [0, 0.05) is 10.0 Å². The van der Waals surface area contributed by atoms with E-state index in [-0.39, 0.29) is 6.61 Å². The molecule has 15 heavy (non-hydrogen) atoms. The number of aliphatic hydroxyl groups excluding tert-OH is 1. The van der Waals surface area contributed by atoms with Gasteiger partial charge in [-0.1, -0.05) is 22.0 Å². The van der Waals surface area contributed by atoms with Gasteiger partial charge in [0.15, 0.2) is 0 Å². The maximum absolute atomic E-state index is 8.93. The number of aromatic nitrogens is 2. The zero-order chi connectivity index (χ0) is 10.8. The van der Waals surface area contributed by atoms with Gasteiger partial charge in [-0.05, 0) is 24.6 Å². The number of nitrogens with one attached hydrogen (secondary N) is 1. The molecule has 0 fully saturated rings. The second-order valence-electron chi connectivity index (χ2n) is 3.40. The van der Waals surface area contributed by atoms with Gasteiger partial charge in [-0.15, -0.1) is 0 Å². The number of imidazole rings is 1. The molecule has 1 aromatic carbocycles. The summed E-state index contributed by atoms with van der Waals surface area (Å²) in [4.78, 5) is 7.25. The Balaban J connectivity index is 2.44. The topological polar surface area (TPSA) is 48.9 Å². The fraction of sp³-hybridized carbons (Fsp3) is 0.182. The number of aliphatic hydroxyl groups is 1. The van der Waals surface area contributed by atoms with Crippen LogP contribution in [0.15, 0.2) is 28.9 Å². The Labute approximate surface area is 96.3 Å². The van der Waals surface area contributed by atoms with E-state index in [4.69, 9.17) is 5.11 Å². The summed E-state index contributed by atoms with van der Waals surface area (Å²) in [6.07, 6.45) is 1.64. The van der Waals surface area contributed by atoms with E-state index in [0.29, 0.717) is 0 Å². The van der Waals surface area contributed by atoms with E-state index in [0.717, 1.165) is 21.6 Å². The Hall–Kier alpha value is -1.13. The zero-order valence-electron chi connectivity index (χ0n) is 8.29. The number of hydrogen-bond donors (Lipinski definition) is 2. The summed E-state index contributed by atoms with van der Waals surface area (Å²) < 4.78 is 1.00. The van der Waals surface area contributed by atoms with Crippen LogP contribution < -0.4 is 0 Å². The van der Waals surface area contributed by atoms with Crippen molar-refractivity contribution < 1.29 is 5.11 Å². The lowest BCUT2D eigenvalue weighted by Gasteiger charge is -2.01. The number of H-pyrrole nitrogens is 1. The molecule has 3 nitrogen and oxygen atoms in total. The van der Waals surface area contributed by atoms with Crippen molar-refractivity contribution >= 4 is 15.9 Å². The summed E-state index contributed by atoms with van der Waals surface area (Å²) in [5, 5.41) is 8.93. The Morgan fingerprint density at radius 1 is 1.47 bits per heavy atom. The molecule has 0 saturated carbocycles. The molecule has 0 radical (unpaired) electrons. The number of benzene rings is 1. The highest BCUT2D eigenvalue weighted by Gasteiger charge is 2.06. The van der Waals surface area contributed by atoms with Gasteiger partial charge >= 0.3 is 0 Å². The molecular formula is C11H11BrN2O. The first-order valence-electron chi connectivity index (χ1n) is 4.62. The Kier molecular flexibility index (Phi) is 2.88. The number of aromatic amines is 1. The molecule has 2 N–H and O–H groups in total. The first-order chi connectivity index (χ1) is 7.20. The van der Waals surface area contributed by atoms with E-state index < -0.39 is 0 Å². The largest absolute Gasteiger partial charge is 0.390 e. The predicted octanol–water partition coefficient (Wildman–Crippen LogP) is 2.64. The van der Waals surface area contributed by atoms with Crippen LogP contribution in [0.3, 0.4) is 0 Å². The molecule has 0 bridgehead atoms. The van der Waals surface area contributed by atoms with Crippen molar-refractivity contribution in [2.24, 2.45) is 0 Å². The standard InChI is InChI=1S/C11H11BrN2O/c1-7-2-3-9(10(12)4-7)11-13-5-8(6-15)14-11/h2-5,15H,6H2,1H3,(H,13,14). The summed E-state index contributed by atoms with van der Waals surface area (Å²) in [6, 6.07) is 6.07. The van der Waals surface area contributed by atoms with E-state index in [1.54, 1.807) is 6.20 Å². The van der Waals surface area contributed by atoms with Crippen LogP contribution in [0.1, 0.15) is 11.3 Å². The molecule has 78 valence electrons. The van der Waals surface area contributed by atoms with E-state index in [1.807, 2.05) is 25.1 Å². The van der Waals surface area contributed by atoms with E-state index in [2.05, 4.69) is 25.9 Å². The molecule has 0 unspecified atom stereocenters. The molecule has 0 aliphatic rings. The van der Waals surface area contributed by atoms with Crippen LogP contribution in [0.4, 0.5) is 0 Å². The first-order valence-corrected chi connectivity index (χ1v) is 5.41. The molecule has 2 rings (SSSR count). The number of hydrogen-bond acceptors (Lipinski definition) is 2. The Morgan fingerprint density at radius 3 is 2.87 bits per heavy atom. The highest BCUT2D eigenvalue weighted by Crippen LogP contribution is 2.26. The molecular weight excluding hydrogens is 256 g/mol. The first kappa shape index (κ1) is 10.4. The summed E-state index contributed by atoms with van der Waals surface area (Å²) in [7, 11) is 0. The number of halogens is 1. The summed E-state index contributed by atoms with van der Waals surface area (Å²) in [5.41, 5.74) is 2.91. The molecule has 0 atom stereocenters. The van der Waals surface area contributed by atoms with Crippen molar-refractivity contribution in [3.8, 4) is 11.4 Å². The van der Waals surface area contributed by atoms with Gasteiger partial charge < -0.3 is 10.1 Å². The second kappa shape index (κ2) is 4.16. The molecule has 0 aliphatic heterocycles. The van der Waals surface area contributed by atoms with Gasteiger partial charge in [-0.25, -0.2) is 4.98 Å². The predicted molar refractivity (Wildman–Crippen MR) is 62.4 cm³/mol. The Bertz CT molecular complexity index is 479. The van der Waals surface area contributed by atoms with Crippen LogP contribution in [0.2, 0.25) is 0 Å². The van der Waals surface area contributed by atoms with E-state index in [1.165, 1.54) is 5.56 Å². The van der Waals surface area contributed by atoms with Gasteiger partial charge in [0.1, 0.15) is 5.82 Å². The summed E-state index contributed by atoms with van der Waals surface area (Å²) in [6.45, 7) is 2.02. The minimum absolute atomic E-state index is 0.0174. The van der Waals surface area contributed by atoms with Gasteiger partial charge in [-0.3, -0.25) is 0 Å². The zero-order valence-corrected chi connectivity index (χ0v) is 9.87. The van der Waals surface area contributed by atoms with Crippen molar-refractivity contribution in [3.05, 3.63) is 40.1 Å². The third kappa shape index (κ3) is 2.11. The molecule has 0 saturated heterocycles. The fourth-order valence-corrected chi connectivity index (χ4v) is 2.07. The van der Waals surface area contributed by atoms with Crippen LogP contribution in [0.5, 0.6) is 0 Å². The van der Waals surface area contributed by atoms with Gasteiger partial charge in [0.25, 0.3) is 0 Å². The highest BCUT2D eigenvalue weighted by atomic mass is 79.9. The van der Waals surface area contributed by atoms with Gasteiger partial charge in [0.05, 0.1) is 18.5 Å².